The lowest BCUT2D eigenvalue weighted by molar-refractivity contribution is -0.107. The molecule has 7 heteroatoms. The van der Waals surface area contributed by atoms with Gasteiger partial charge in [-0.15, -0.1) is 0 Å². The standard InChI is InChI=1S/C16H17Cl2N3OS/c17-13-7-4-8-14(18)15(13)20-16(23)21(10-9-19)22-11-12-5-2-1-3-6-12/h1-8H,9-11,19H2,(H,20,23). The first-order valence-electron chi connectivity index (χ1n) is 7.01. The molecule has 2 rings (SSSR count). The van der Waals surface area contributed by atoms with Gasteiger partial charge in [0, 0.05) is 6.54 Å². The lowest BCUT2D eigenvalue weighted by Crippen LogP contribution is -2.38. The highest BCUT2D eigenvalue weighted by molar-refractivity contribution is 7.80. The van der Waals surface area contributed by atoms with Gasteiger partial charge in [-0.3, -0.25) is 4.84 Å². The lowest BCUT2D eigenvalue weighted by Gasteiger charge is -2.25. The number of halogens is 2. The summed E-state index contributed by atoms with van der Waals surface area (Å²) >= 11 is 17.6. The van der Waals surface area contributed by atoms with Gasteiger partial charge in [0.25, 0.3) is 0 Å². The smallest absolute Gasteiger partial charge is 0.197 e. The second-order valence-corrected chi connectivity index (χ2v) is 5.88. The van der Waals surface area contributed by atoms with E-state index >= 15 is 0 Å². The van der Waals surface area contributed by atoms with Crippen LogP contribution in [0, 0.1) is 0 Å². The number of benzene rings is 2. The summed E-state index contributed by atoms with van der Waals surface area (Å²) in [5.41, 5.74) is 7.21. The molecule has 4 nitrogen and oxygen atoms in total. The van der Waals surface area contributed by atoms with Crippen LogP contribution in [0.1, 0.15) is 5.56 Å². The summed E-state index contributed by atoms with van der Waals surface area (Å²) in [4.78, 5) is 5.75. The number of hydrogen-bond acceptors (Lipinski definition) is 3. The molecule has 0 unspecified atom stereocenters. The maximum Gasteiger partial charge on any atom is 0.197 e. The number of rotatable bonds is 6. The monoisotopic (exact) mass is 369 g/mol. The molecule has 2 aromatic carbocycles. The van der Waals surface area contributed by atoms with E-state index in [2.05, 4.69) is 5.32 Å². The molecule has 0 atom stereocenters. The summed E-state index contributed by atoms with van der Waals surface area (Å²) < 4.78 is 0. The van der Waals surface area contributed by atoms with Gasteiger partial charge in [0.15, 0.2) is 5.11 Å². The molecule has 122 valence electrons. The van der Waals surface area contributed by atoms with Crippen molar-refractivity contribution in [3.8, 4) is 0 Å². The Labute approximate surface area is 151 Å². The molecule has 0 saturated heterocycles. The average molecular weight is 370 g/mol. The zero-order valence-electron chi connectivity index (χ0n) is 12.3. The Kier molecular flexibility index (Phi) is 7.08. The van der Waals surface area contributed by atoms with Gasteiger partial charge in [0.05, 0.1) is 22.3 Å². The van der Waals surface area contributed by atoms with Crippen molar-refractivity contribution in [2.45, 2.75) is 6.61 Å². The van der Waals surface area contributed by atoms with Gasteiger partial charge in [-0.05, 0) is 29.9 Å². The van der Waals surface area contributed by atoms with Gasteiger partial charge in [-0.1, -0.05) is 59.6 Å². The highest BCUT2D eigenvalue weighted by Gasteiger charge is 2.13. The van der Waals surface area contributed by atoms with Gasteiger partial charge < -0.3 is 11.1 Å². The van der Waals surface area contributed by atoms with Crippen LogP contribution in [-0.2, 0) is 11.4 Å². The van der Waals surface area contributed by atoms with E-state index in [4.69, 9.17) is 46.0 Å². The van der Waals surface area contributed by atoms with Crippen LogP contribution >= 0.6 is 35.4 Å². The van der Waals surface area contributed by atoms with Gasteiger partial charge in [-0.25, -0.2) is 5.06 Å². The fourth-order valence-corrected chi connectivity index (χ4v) is 2.59. The topological polar surface area (TPSA) is 50.5 Å². The summed E-state index contributed by atoms with van der Waals surface area (Å²) in [6, 6.07) is 15.0. The third kappa shape index (κ3) is 5.34. The van der Waals surface area contributed by atoms with Crippen LogP contribution in [0.15, 0.2) is 48.5 Å². The van der Waals surface area contributed by atoms with Crippen LogP contribution in [0.25, 0.3) is 0 Å². The number of nitrogens with two attached hydrogens (primary N) is 1. The first-order valence-corrected chi connectivity index (χ1v) is 8.17. The number of para-hydroxylation sites is 1. The summed E-state index contributed by atoms with van der Waals surface area (Å²) in [5.74, 6) is 0. The first kappa shape index (κ1) is 18.0. The molecule has 3 N–H and O–H groups in total. The Balaban J connectivity index is 2.03. The van der Waals surface area contributed by atoms with Crippen molar-refractivity contribution in [1.29, 1.82) is 0 Å². The first-order chi connectivity index (χ1) is 11.1. The van der Waals surface area contributed by atoms with Gasteiger partial charge in [-0.2, -0.15) is 0 Å². The van der Waals surface area contributed by atoms with Crippen LogP contribution in [0.4, 0.5) is 5.69 Å². The Morgan fingerprint density at radius 3 is 2.35 bits per heavy atom. The minimum Gasteiger partial charge on any atom is -0.329 e. The minimum atomic E-state index is 0.349. The SMILES string of the molecule is NCCN(OCc1ccccc1)C(=S)Nc1c(Cl)cccc1Cl. The van der Waals surface area contributed by atoms with Crippen molar-refractivity contribution in [1.82, 2.24) is 5.06 Å². The summed E-state index contributed by atoms with van der Waals surface area (Å²) in [6.45, 7) is 1.23. The number of thiocarbonyl (C=S) groups is 1. The third-order valence-corrected chi connectivity index (χ3v) is 3.92. The fourth-order valence-electron chi connectivity index (χ4n) is 1.86. The molecule has 2 aromatic rings. The van der Waals surface area contributed by atoms with Crippen LogP contribution in [0.2, 0.25) is 10.0 Å². The second kappa shape index (κ2) is 9.05. The molecular weight excluding hydrogens is 353 g/mol. The summed E-state index contributed by atoms with van der Waals surface area (Å²) in [5, 5.41) is 5.85. The Hall–Kier alpha value is -1.37. The zero-order chi connectivity index (χ0) is 16.7. The van der Waals surface area contributed by atoms with Crippen molar-refractivity contribution < 1.29 is 4.84 Å². The number of nitrogens with zero attached hydrogens (tertiary/aromatic N) is 1. The molecular formula is C16H17Cl2N3OS. The van der Waals surface area contributed by atoms with Crippen molar-refractivity contribution in [3.63, 3.8) is 0 Å². The molecule has 0 aromatic heterocycles. The van der Waals surface area contributed by atoms with Crippen LogP contribution < -0.4 is 11.1 Å². The predicted octanol–water partition coefficient (Wildman–Crippen LogP) is 4.08. The highest BCUT2D eigenvalue weighted by atomic mass is 35.5. The van der Waals surface area contributed by atoms with E-state index in [1.165, 1.54) is 5.06 Å². The molecule has 0 heterocycles. The van der Waals surface area contributed by atoms with Crippen molar-refractivity contribution >= 4 is 46.2 Å². The Bertz CT molecular complexity index is 635. The molecule has 0 amide bonds. The molecule has 0 spiro atoms. The number of nitrogens with one attached hydrogen (secondary N) is 1. The van der Waals surface area contributed by atoms with Crippen molar-refractivity contribution in [3.05, 3.63) is 64.1 Å². The number of hydrogen-bond donors (Lipinski definition) is 2. The van der Waals surface area contributed by atoms with Crippen LogP contribution in [-0.4, -0.2) is 23.3 Å². The van der Waals surface area contributed by atoms with Gasteiger partial charge in [0.2, 0.25) is 0 Å². The van der Waals surface area contributed by atoms with E-state index in [0.717, 1.165) is 5.56 Å². The lowest BCUT2D eigenvalue weighted by atomic mass is 10.2. The van der Waals surface area contributed by atoms with Crippen molar-refractivity contribution in [2.24, 2.45) is 5.73 Å². The molecule has 23 heavy (non-hydrogen) atoms. The largest absolute Gasteiger partial charge is 0.329 e. The molecule has 0 bridgehead atoms. The van der Waals surface area contributed by atoms with E-state index in [-0.39, 0.29) is 0 Å². The van der Waals surface area contributed by atoms with E-state index in [9.17, 15) is 0 Å². The van der Waals surface area contributed by atoms with E-state index in [1.54, 1.807) is 18.2 Å². The molecule has 0 aliphatic carbocycles. The van der Waals surface area contributed by atoms with E-state index in [1.807, 2.05) is 30.3 Å². The van der Waals surface area contributed by atoms with Gasteiger partial charge >= 0.3 is 0 Å². The van der Waals surface area contributed by atoms with Gasteiger partial charge in [0.1, 0.15) is 6.61 Å². The molecule has 0 aliphatic heterocycles. The molecule has 0 aliphatic rings. The Morgan fingerprint density at radius 1 is 1.09 bits per heavy atom. The molecule has 0 saturated carbocycles. The second-order valence-electron chi connectivity index (χ2n) is 4.68. The predicted molar refractivity (Wildman–Crippen MR) is 99.7 cm³/mol. The number of hydroxylamine groups is 2. The van der Waals surface area contributed by atoms with Crippen LogP contribution in [0.5, 0.6) is 0 Å². The van der Waals surface area contributed by atoms with E-state index in [0.29, 0.717) is 40.5 Å². The Morgan fingerprint density at radius 2 is 1.74 bits per heavy atom. The van der Waals surface area contributed by atoms with Crippen LogP contribution in [0.3, 0.4) is 0 Å². The zero-order valence-corrected chi connectivity index (χ0v) is 14.7. The normalized spacial score (nSPS) is 10.4. The number of anilines is 1. The maximum absolute atomic E-state index is 6.14. The molecule has 0 fully saturated rings. The summed E-state index contributed by atoms with van der Waals surface area (Å²) in [7, 11) is 0. The maximum atomic E-state index is 6.14. The highest BCUT2D eigenvalue weighted by Crippen LogP contribution is 2.30. The molecule has 0 radical (unpaired) electrons. The average Bonchev–Trinajstić information content (AvgIpc) is 2.56. The van der Waals surface area contributed by atoms with E-state index < -0.39 is 0 Å². The fraction of sp³-hybridized carbons (Fsp3) is 0.188. The third-order valence-electron chi connectivity index (χ3n) is 2.98. The minimum absolute atomic E-state index is 0.349. The van der Waals surface area contributed by atoms with Crippen molar-refractivity contribution in [2.75, 3.05) is 18.4 Å². The summed E-state index contributed by atoms with van der Waals surface area (Å²) in [6.07, 6.45) is 0. The quantitative estimate of drug-likeness (QED) is 0.593.